The molecule has 0 unspecified atom stereocenters. The van der Waals surface area contributed by atoms with E-state index in [0.717, 1.165) is 11.6 Å². The Morgan fingerprint density at radius 3 is 1.67 bits per heavy atom. The van der Waals surface area contributed by atoms with E-state index in [1.165, 1.54) is 5.56 Å². The molecule has 0 aliphatic heterocycles. The van der Waals surface area contributed by atoms with Crippen molar-refractivity contribution in [2.75, 3.05) is 0 Å². The van der Waals surface area contributed by atoms with Crippen molar-refractivity contribution in [1.29, 1.82) is 0 Å². The van der Waals surface area contributed by atoms with Crippen molar-refractivity contribution in [1.82, 2.24) is 0 Å². The van der Waals surface area contributed by atoms with E-state index < -0.39 is 8.41 Å². The molecule has 0 bridgehead atoms. The Kier molecular flexibility index (Phi) is 5.15. The van der Waals surface area contributed by atoms with Crippen LogP contribution in [-0.2, 0) is 6.42 Å². The van der Waals surface area contributed by atoms with Crippen molar-refractivity contribution in [3.63, 3.8) is 0 Å². The quantitative estimate of drug-likeness (QED) is 0.529. The third-order valence-electron chi connectivity index (χ3n) is 3.72. The molecule has 0 atom stereocenters. The second-order valence-corrected chi connectivity index (χ2v) is 10.8. The highest BCUT2D eigenvalue weighted by Gasteiger charge is 2.43. The summed E-state index contributed by atoms with van der Waals surface area (Å²) >= 11 is 0. The Bertz CT molecular complexity index is 357. The van der Waals surface area contributed by atoms with Gasteiger partial charge in [-0.2, -0.15) is 0 Å². The van der Waals surface area contributed by atoms with Crippen LogP contribution in [0.3, 0.4) is 0 Å². The van der Waals surface area contributed by atoms with Gasteiger partial charge in [0.15, 0.2) is 0 Å². The Balaban J connectivity index is 3.02. The van der Waals surface area contributed by atoms with E-state index in [1.807, 2.05) is 39.8 Å². The maximum absolute atomic E-state index is 15.3. The fraction of sp³-hybridized carbons (Fsp3) is 0.625. The molecule has 0 saturated heterocycles. The Morgan fingerprint density at radius 2 is 1.33 bits per heavy atom. The fourth-order valence-electron chi connectivity index (χ4n) is 2.70. The average molecular weight is 266 g/mol. The van der Waals surface area contributed by atoms with Crippen LogP contribution in [0.4, 0.5) is 4.11 Å². The highest BCUT2D eigenvalue weighted by molar-refractivity contribution is 6.88. The average Bonchev–Trinajstić information content (AvgIpc) is 2.27. The van der Waals surface area contributed by atoms with Crippen LogP contribution < -0.4 is 5.19 Å². The molecule has 0 amide bonds. The lowest BCUT2D eigenvalue weighted by atomic mass is 10.0. The first-order valence-corrected chi connectivity index (χ1v) is 9.10. The first kappa shape index (κ1) is 15.4. The van der Waals surface area contributed by atoms with Gasteiger partial charge in [-0.25, -0.2) is 0 Å². The molecule has 0 aromatic heterocycles. The summed E-state index contributed by atoms with van der Waals surface area (Å²) in [6, 6.07) is 8.29. The summed E-state index contributed by atoms with van der Waals surface area (Å²) in [6.45, 7) is 12.5. The predicted octanol–water partition coefficient (Wildman–Crippen LogP) is 4.83. The number of halogens is 1. The van der Waals surface area contributed by atoms with Crippen molar-refractivity contribution in [2.24, 2.45) is 5.92 Å². The van der Waals surface area contributed by atoms with Crippen LogP contribution in [0.5, 0.6) is 0 Å². The molecule has 0 heterocycles. The van der Waals surface area contributed by atoms with Gasteiger partial charge < -0.3 is 4.11 Å². The molecule has 0 N–H and O–H groups in total. The van der Waals surface area contributed by atoms with Gasteiger partial charge in [0.2, 0.25) is 0 Å². The fourth-order valence-corrected chi connectivity index (χ4v) is 6.05. The molecule has 0 aliphatic rings. The molecule has 2 heteroatoms. The van der Waals surface area contributed by atoms with Crippen molar-refractivity contribution < 1.29 is 4.11 Å². The normalized spacial score (nSPS) is 12.8. The lowest BCUT2D eigenvalue weighted by Crippen LogP contribution is -2.49. The van der Waals surface area contributed by atoms with Gasteiger partial charge in [-0.15, -0.1) is 0 Å². The minimum atomic E-state index is -2.84. The van der Waals surface area contributed by atoms with E-state index in [9.17, 15) is 0 Å². The van der Waals surface area contributed by atoms with Gasteiger partial charge in [0.25, 0.3) is 8.41 Å². The van der Waals surface area contributed by atoms with Gasteiger partial charge in [0.05, 0.1) is 0 Å². The Labute approximate surface area is 113 Å². The number of benzene rings is 1. The summed E-state index contributed by atoms with van der Waals surface area (Å²) in [5, 5.41) is 0.958. The minimum Gasteiger partial charge on any atom is -0.307 e. The second-order valence-electron chi connectivity index (χ2n) is 6.37. The highest BCUT2D eigenvalue weighted by atomic mass is 28.4. The molecule has 1 rings (SSSR count). The summed E-state index contributed by atoms with van der Waals surface area (Å²) in [5.74, 6) is 0.651. The van der Waals surface area contributed by atoms with Crippen LogP contribution in [0.15, 0.2) is 24.3 Å². The molecule has 0 radical (unpaired) electrons. The molecule has 0 aliphatic carbocycles. The molecule has 0 spiro atoms. The molecule has 0 nitrogen and oxygen atoms in total. The summed E-state index contributed by atoms with van der Waals surface area (Å²) in [6.07, 6.45) is 1.07. The largest absolute Gasteiger partial charge is 0.307 e. The van der Waals surface area contributed by atoms with E-state index >= 15 is 4.11 Å². The van der Waals surface area contributed by atoms with E-state index in [0.29, 0.717) is 5.92 Å². The summed E-state index contributed by atoms with van der Waals surface area (Å²) in [4.78, 5) is 0. The van der Waals surface area contributed by atoms with Crippen LogP contribution in [0.1, 0.15) is 47.1 Å². The van der Waals surface area contributed by atoms with Gasteiger partial charge >= 0.3 is 0 Å². The summed E-state index contributed by atoms with van der Waals surface area (Å²) in [5.41, 5.74) is 1.58. The zero-order chi connectivity index (χ0) is 13.9. The standard InChI is InChI=1S/C16H27FSi/c1-12(2)11-15-7-9-16(10-8-15)18(17,13(3)4)14(5)6/h7-10,12-14H,11H2,1-6H3. The molecule has 18 heavy (non-hydrogen) atoms. The zero-order valence-corrected chi connectivity index (χ0v) is 13.6. The Hall–Kier alpha value is -0.633. The number of hydrogen-bond donors (Lipinski definition) is 0. The summed E-state index contributed by atoms with van der Waals surface area (Å²) in [7, 11) is -2.84. The SMILES string of the molecule is CC(C)Cc1ccc([Si](F)(C(C)C)C(C)C)cc1. The molecular weight excluding hydrogens is 239 g/mol. The van der Waals surface area contributed by atoms with Gasteiger partial charge in [0.1, 0.15) is 0 Å². The first-order valence-electron chi connectivity index (χ1n) is 7.06. The van der Waals surface area contributed by atoms with Crippen molar-refractivity contribution >= 4 is 13.6 Å². The van der Waals surface area contributed by atoms with E-state index in [4.69, 9.17) is 0 Å². The van der Waals surface area contributed by atoms with Crippen molar-refractivity contribution in [3.8, 4) is 0 Å². The van der Waals surface area contributed by atoms with Gasteiger partial charge in [-0.3, -0.25) is 0 Å². The number of rotatable bonds is 5. The second kappa shape index (κ2) is 6.01. The van der Waals surface area contributed by atoms with Gasteiger partial charge in [-0.1, -0.05) is 65.8 Å². The molecule has 102 valence electrons. The van der Waals surface area contributed by atoms with E-state index in [1.54, 1.807) is 0 Å². The van der Waals surface area contributed by atoms with Crippen molar-refractivity contribution in [3.05, 3.63) is 29.8 Å². The number of hydrogen-bond acceptors (Lipinski definition) is 0. The molecular formula is C16H27FSi. The maximum atomic E-state index is 15.3. The molecule has 0 fully saturated rings. The smallest absolute Gasteiger partial charge is 0.282 e. The van der Waals surface area contributed by atoms with Crippen LogP contribution in [0, 0.1) is 5.92 Å². The van der Waals surface area contributed by atoms with Crippen LogP contribution >= 0.6 is 0 Å². The summed E-state index contributed by atoms with van der Waals surface area (Å²) < 4.78 is 15.3. The first-order chi connectivity index (χ1) is 8.28. The van der Waals surface area contributed by atoms with Gasteiger partial charge in [-0.05, 0) is 34.2 Å². The third kappa shape index (κ3) is 3.22. The minimum absolute atomic E-state index is 0.133. The van der Waals surface area contributed by atoms with Gasteiger partial charge in [0, 0.05) is 0 Å². The predicted molar refractivity (Wildman–Crippen MR) is 81.7 cm³/mol. The monoisotopic (exact) mass is 266 g/mol. The molecule has 1 aromatic carbocycles. The lowest BCUT2D eigenvalue weighted by molar-refractivity contribution is 0.647. The topological polar surface area (TPSA) is 0 Å². The van der Waals surface area contributed by atoms with Crippen LogP contribution in [-0.4, -0.2) is 8.41 Å². The molecule has 0 saturated carbocycles. The Morgan fingerprint density at radius 1 is 0.889 bits per heavy atom. The lowest BCUT2D eigenvalue weighted by Gasteiger charge is -2.30. The zero-order valence-electron chi connectivity index (χ0n) is 12.6. The van der Waals surface area contributed by atoms with E-state index in [2.05, 4.69) is 26.0 Å². The highest BCUT2D eigenvalue weighted by Crippen LogP contribution is 2.33. The van der Waals surface area contributed by atoms with Crippen LogP contribution in [0.2, 0.25) is 11.1 Å². The van der Waals surface area contributed by atoms with Crippen molar-refractivity contribution in [2.45, 2.75) is 59.0 Å². The van der Waals surface area contributed by atoms with Crippen LogP contribution in [0.25, 0.3) is 0 Å². The third-order valence-corrected chi connectivity index (χ3v) is 8.30. The molecule has 1 aromatic rings. The maximum Gasteiger partial charge on any atom is 0.282 e. The van der Waals surface area contributed by atoms with E-state index in [-0.39, 0.29) is 11.1 Å².